The summed E-state index contributed by atoms with van der Waals surface area (Å²) in [5.74, 6) is 0.227. The number of benzene rings is 2. The Morgan fingerprint density at radius 2 is 1.08 bits per heavy atom. The summed E-state index contributed by atoms with van der Waals surface area (Å²) in [5, 5.41) is 1.16. The minimum absolute atomic E-state index is 0.00969. The third kappa shape index (κ3) is 7.59. The van der Waals surface area contributed by atoms with Gasteiger partial charge in [-0.3, -0.25) is 0 Å². The molecule has 3 rings (SSSR count). The van der Waals surface area contributed by atoms with E-state index in [0.29, 0.717) is 27.4 Å². The zero-order chi connectivity index (χ0) is 29.7. The van der Waals surface area contributed by atoms with Crippen molar-refractivity contribution in [2.24, 2.45) is 5.92 Å². The molecular formula is C31H42F6P2. The summed E-state index contributed by atoms with van der Waals surface area (Å²) in [5.41, 5.74) is -0.187. The lowest BCUT2D eigenvalue weighted by Crippen LogP contribution is -2.37. The molecule has 0 saturated heterocycles. The topological polar surface area (TPSA) is 0 Å². The van der Waals surface area contributed by atoms with Crippen LogP contribution < -0.4 is 10.6 Å². The molecule has 0 aliphatic heterocycles. The van der Waals surface area contributed by atoms with E-state index < -0.39 is 39.3 Å². The summed E-state index contributed by atoms with van der Waals surface area (Å²) in [6.07, 6.45) is -6.36. The van der Waals surface area contributed by atoms with Crippen molar-refractivity contribution in [2.45, 2.75) is 116 Å². The molecule has 3 atom stereocenters. The number of halogens is 6. The van der Waals surface area contributed by atoms with Crippen LogP contribution in [0.1, 0.15) is 90.0 Å². The standard InChI is InChI=1S/C31H42F6P2/c1-19-13-22(30(32,33)34)17-24(15-19)38(25-16-20(2)14-23(18-25)31(35,36)37)27-12-10-11-26(27)21(3)39(28(4,5)6)29(7,8)9/h13-18,21,26-27H,10-12H2,1-9H3/t21-,26?,27?/m1/s1. The number of aryl methyl sites for hydroxylation is 2. The van der Waals surface area contributed by atoms with Crippen LogP contribution in [-0.2, 0) is 12.4 Å². The number of rotatable bonds is 5. The van der Waals surface area contributed by atoms with E-state index in [4.69, 9.17) is 0 Å². The lowest BCUT2D eigenvalue weighted by atomic mass is 10.0. The van der Waals surface area contributed by atoms with Gasteiger partial charge >= 0.3 is 12.4 Å². The summed E-state index contributed by atoms with van der Waals surface area (Å²) in [6.45, 7) is 19.1. The van der Waals surface area contributed by atoms with Gasteiger partial charge in [0.1, 0.15) is 0 Å². The van der Waals surface area contributed by atoms with Gasteiger partial charge in [-0.05, 0) is 108 Å². The van der Waals surface area contributed by atoms with Crippen LogP contribution in [-0.4, -0.2) is 21.6 Å². The summed E-state index contributed by atoms with van der Waals surface area (Å²) in [7, 11) is -1.98. The molecule has 0 amide bonds. The van der Waals surface area contributed by atoms with Crippen LogP contribution in [0, 0.1) is 19.8 Å². The average molecular weight is 591 g/mol. The zero-order valence-electron chi connectivity index (χ0n) is 24.5. The molecule has 218 valence electrons. The lowest BCUT2D eigenvalue weighted by Gasteiger charge is -2.49. The van der Waals surface area contributed by atoms with Crippen molar-refractivity contribution in [3.63, 3.8) is 0 Å². The van der Waals surface area contributed by atoms with E-state index in [-0.39, 0.29) is 21.9 Å². The normalized spacial score (nSPS) is 20.2. The van der Waals surface area contributed by atoms with Crippen LogP contribution in [0.5, 0.6) is 0 Å². The van der Waals surface area contributed by atoms with E-state index in [0.717, 1.165) is 31.4 Å². The Morgan fingerprint density at radius 3 is 1.44 bits per heavy atom. The molecular weight excluding hydrogens is 548 g/mol. The Kier molecular flexibility index (Phi) is 9.37. The van der Waals surface area contributed by atoms with Crippen molar-refractivity contribution in [1.82, 2.24) is 0 Å². The molecule has 0 aromatic heterocycles. The van der Waals surface area contributed by atoms with Gasteiger partial charge in [0, 0.05) is 0 Å². The van der Waals surface area contributed by atoms with Crippen LogP contribution >= 0.6 is 15.8 Å². The minimum atomic E-state index is -4.53. The van der Waals surface area contributed by atoms with Crippen molar-refractivity contribution >= 4 is 26.5 Å². The first-order chi connectivity index (χ1) is 17.6. The fourth-order valence-electron chi connectivity index (χ4n) is 6.94. The highest BCUT2D eigenvalue weighted by molar-refractivity contribution is 7.73. The molecule has 0 bridgehead atoms. The maximum atomic E-state index is 13.9. The van der Waals surface area contributed by atoms with Crippen LogP contribution in [0.15, 0.2) is 36.4 Å². The van der Waals surface area contributed by atoms with E-state index in [1.807, 2.05) is 0 Å². The predicted molar refractivity (Wildman–Crippen MR) is 156 cm³/mol. The minimum Gasteiger partial charge on any atom is -0.166 e. The summed E-state index contributed by atoms with van der Waals surface area (Å²) in [6, 6.07) is 8.19. The molecule has 1 aliphatic carbocycles. The van der Waals surface area contributed by atoms with Gasteiger partial charge < -0.3 is 0 Å². The molecule has 1 saturated carbocycles. The van der Waals surface area contributed by atoms with Gasteiger partial charge in [-0.15, -0.1) is 0 Å². The third-order valence-corrected chi connectivity index (χ3v) is 14.7. The fourth-order valence-corrected chi connectivity index (χ4v) is 15.8. The van der Waals surface area contributed by atoms with E-state index in [2.05, 4.69) is 48.5 Å². The van der Waals surface area contributed by atoms with Crippen molar-refractivity contribution in [3.05, 3.63) is 58.7 Å². The van der Waals surface area contributed by atoms with E-state index in [1.165, 1.54) is 12.1 Å². The van der Waals surface area contributed by atoms with Crippen LogP contribution in [0.3, 0.4) is 0 Å². The molecule has 0 radical (unpaired) electrons. The van der Waals surface area contributed by atoms with Crippen LogP contribution in [0.4, 0.5) is 26.3 Å². The Morgan fingerprint density at radius 1 is 0.667 bits per heavy atom. The van der Waals surface area contributed by atoms with Gasteiger partial charge in [0.05, 0.1) is 11.1 Å². The molecule has 0 heterocycles. The molecule has 39 heavy (non-hydrogen) atoms. The summed E-state index contributed by atoms with van der Waals surface area (Å²) >= 11 is 0. The maximum Gasteiger partial charge on any atom is 0.416 e. The average Bonchev–Trinajstić information content (AvgIpc) is 3.19. The number of hydrogen-bond donors (Lipinski definition) is 0. The first kappa shape index (κ1) is 32.4. The van der Waals surface area contributed by atoms with Crippen molar-refractivity contribution in [2.75, 3.05) is 0 Å². The first-order valence-electron chi connectivity index (χ1n) is 13.6. The molecule has 1 aliphatic rings. The molecule has 0 nitrogen and oxygen atoms in total. The zero-order valence-corrected chi connectivity index (χ0v) is 26.3. The van der Waals surface area contributed by atoms with Gasteiger partial charge in [0.15, 0.2) is 0 Å². The molecule has 0 spiro atoms. The smallest absolute Gasteiger partial charge is 0.166 e. The molecule has 2 aromatic rings. The predicted octanol–water partition coefficient (Wildman–Crippen LogP) is 10.4. The SMILES string of the molecule is Cc1cc(P(c2cc(C)cc(C(F)(F)F)c2)C2CCCC2[C@@H](C)P(C(C)(C)C)C(C)(C)C)cc(C(F)(F)F)c1. The quantitative estimate of drug-likeness (QED) is 0.240. The van der Waals surface area contributed by atoms with Crippen molar-refractivity contribution in [1.29, 1.82) is 0 Å². The van der Waals surface area contributed by atoms with Gasteiger partial charge in [-0.2, -0.15) is 26.3 Å². The number of alkyl halides is 6. The Labute approximate surface area is 232 Å². The maximum absolute atomic E-state index is 13.9. The Balaban J connectivity index is 2.25. The molecule has 1 fully saturated rings. The van der Waals surface area contributed by atoms with Gasteiger partial charge in [0.2, 0.25) is 0 Å². The number of hydrogen-bond acceptors (Lipinski definition) is 0. The second kappa shape index (κ2) is 11.3. The summed E-state index contributed by atoms with van der Waals surface area (Å²) < 4.78 is 83.5. The highest BCUT2D eigenvalue weighted by Gasteiger charge is 2.47. The highest BCUT2D eigenvalue weighted by Crippen LogP contribution is 2.67. The molecule has 2 aromatic carbocycles. The largest absolute Gasteiger partial charge is 0.416 e. The Bertz CT molecular complexity index is 1080. The van der Waals surface area contributed by atoms with Crippen LogP contribution in [0.2, 0.25) is 0 Å². The highest BCUT2D eigenvalue weighted by atomic mass is 31.1. The summed E-state index contributed by atoms with van der Waals surface area (Å²) in [4.78, 5) is 0. The molecule has 8 heteroatoms. The molecule has 0 N–H and O–H groups in total. The van der Waals surface area contributed by atoms with Gasteiger partial charge in [0.25, 0.3) is 0 Å². The Hall–Kier alpha value is -1.12. The van der Waals surface area contributed by atoms with Crippen LogP contribution in [0.25, 0.3) is 0 Å². The lowest BCUT2D eigenvalue weighted by molar-refractivity contribution is -0.138. The van der Waals surface area contributed by atoms with E-state index >= 15 is 0 Å². The fraction of sp³-hybridized carbons (Fsp3) is 0.613. The first-order valence-corrected chi connectivity index (χ1v) is 16.4. The van der Waals surface area contributed by atoms with Crippen molar-refractivity contribution < 1.29 is 26.3 Å². The monoisotopic (exact) mass is 590 g/mol. The van der Waals surface area contributed by atoms with E-state index in [9.17, 15) is 26.3 Å². The van der Waals surface area contributed by atoms with Gasteiger partial charge in [-0.25, -0.2) is 0 Å². The molecule has 2 unspecified atom stereocenters. The second-order valence-corrected chi connectivity index (χ2v) is 19.8. The second-order valence-electron chi connectivity index (χ2n) is 13.1. The van der Waals surface area contributed by atoms with Gasteiger partial charge in [-0.1, -0.05) is 74.9 Å². The third-order valence-electron chi connectivity index (χ3n) is 7.67. The van der Waals surface area contributed by atoms with E-state index in [1.54, 1.807) is 26.0 Å². The van der Waals surface area contributed by atoms with Crippen molar-refractivity contribution in [3.8, 4) is 0 Å².